The SMILES string of the molecule is O=C1CCN1C(=O)c1ccc(OCCOCCOCCOc2ccc(C(=O)N3CCC3=O)cc2)cc1. The van der Waals surface area contributed by atoms with Crippen LogP contribution in [0.5, 0.6) is 11.5 Å². The van der Waals surface area contributed by atoms with Crippen LogP contribution in [-0.4, -0.2) is 86.2 Å². The van der Waals surface area contributed by atoms with E-state index in [1.165, 1.54) is 9.80 Å². The molecule has 2 aromatic carbocycles. The van der Waals surface area contributed by atoms with Gasteiger partial charge in [0.05, 0.1) is 26.4 Å². The molecule has 2 aliphatic rings. The summed E-state index contributed by atoms with van der Waals surface area (Å²) in [6.45, 7) is 3.25. The monoisotopic (exact) mass is 496 g/mol. The Labute approximate surface area is 208 Å². The number of ether oxygens (including phenoxy) is 4. The van der Waals surface area contributed by atoms with Crippen LogP contribution in [0.1, 0.15) is 33.6 Å². The topological polar surface area (TPSA) is 112 Å². The van der Waals surface area contributed by atoms with E-state index >= 15 is 0 Å². The molecule has 2 heterocycles. The van der Waals surface area contributed by atoms with Crippen molar-refractivity contribution in [1.29, 1.82) is 0 Å². The van der Waals surface area contributed by atoms with Crippen molar-refractivity contribution in [3.63, 3.8) is 0 Å². The molecule has 10 heteroatoms. The Bertz CT molecular complexity index is 997. The van der Waals surface area contributed by atoms with Gasteiger partial charge in [0.25, 0.3) is 11.8 Å². The van der Waals surface area contributed by atoms with Crippen molar-refractivity contribution < 1.29 is 38.1 Å². The van der Waals surface area contributed by atoms with Gasteiger partial charge in [0.2, 0.25) is 11.8 Å². The number of β-lactam (4-membered cyclic amide) rings is 2. The van der Waals surface area contributed by atoms with Gasteiger partial charge in [-0.3, -0.25) is 29.0 Å². The number of amides is 4. The fourth-order valence-corrected chi connectivity index (χ4v) is 3.52. The lowest BCUT2D eigenvalue weighted by Gasteiger charge is -2.28. The van der Waals surface area contributed by atoms with Crippen LogP contribution in [0.4, 0.5) is 0 Å². The molecule has 4 rings (SSSR count). The summed E-state index contributed by atoms with van der Waals surface area (Å²) in [4.78, 5) is 49.5. The molecule has 0 atom stereocenters. The van der Waals surface area contributed by atoms with Gasteiger partial charge in [-0.05, 0) is 48.5 Å². The molecule has 36 heavy (non-hydrogen) atoms. The van der Waals surface area contributed by atoms with E-state index in [1.807, 2.05) is 0 Å². The first-order valence-corrected chi connectivity index (χ1v) is 11.8. The highest BCUT2D eigenvalue weighted by molar-refractivity contribution is 6.08. The number of carbonyl (C=O) groups excluding carboxylic acids is 4. The molecular formula is C26H28N2O8. The average molecular weight is 497 g/mol. The molecule has 0 aliphatic carbocycles. The molecule has 2 saturated heterocycles. The lowest BCUT2D eigenvalue weighted by atomic mass is 10.1. The van der Waals surface area contributed by atoms with Gasteiger partial charge >= 0.3 is 0 Å². The summed E-state index contributed by atoms with van der Waals surface area (Å²) in [6.07, 6.45) is 0.851. The number of imide groups is 2. The van der Waals surface area contributed by atoms with Crippen molar-refractivity contribution in [1.82, 2.24) is 9.80 Å². The summed E-state index contributed by atoms with van der Waals surface area (Å²) in [7, 11) is 0. The Morgan fingerprint density at radius 2 is 0.944 bits per heavy atom. The van der Waals surface area contributed by atoms with Crippen LogP contribution in [0.25, 0.3) is 0 Å². The molecule has 0 radical (unpaired) electrons. The summed E-state index contributed by atoms with van der Waals surface area (Å²) >= 11 is 0. The summed E-state index contributed by atoms with van der Waals surface area (Å²) in [6, 6.07) is 13.3. The molecule has 190 valence electrons. The summed E-state index contributed by atoms with van der Waals surface area (Å²) < 4.78 is 22.1. The molecule has 2 aliphatic heterocycles. The Balaban J connectivity index is 1.00. The normalized spacial score (nSPS) is 14.8. The third kappa shape index (κ3) is 6.46. The Morgan fingerprint density at radius 3 is 1.25 bits per heavy atom. The van der Waals surface area contributed by atoms with Crippen molar-refractivity contribution in [3.8, 4) is 11.5 Å². The maximum Gasteiger partial charge on any atom is 0.260 e. The van der Waals surface area contributed by atoms with Gasteiger partial charge in [0.1, 0.15) is 24.7 Å². The number of nitrogens with zero attached hydrogens (tertiary/aromatic N) is 2. The molecule has 0 saturated carbocycles. The number of benzene rings is 2. The fraction of sp³-hybridized carbons (Fsp3) is 0.385. The molecule has 0 bridgehead atoms. The van der Waals surface area contributed by atoms with E-state index in [9.17, 15) is 19.2 Å². The first-order chi connectivity index (χ1) is 17.5. The molecular weight excluding hydrogens is 468 g/mol. The Hall–Kier alpha value is -3.76. The maximum absolute atomic E-state index is 12.1. The quantitative estimate of drug-likeness (QED) is 0.235. The zero-order valence-electron chi connectivity index (χ0n) is 19.9. The molecule has 0 spiro atoms. The Morgan fingerprint density at radius 1 is 0.583 bits per heavy atom. The summed E-state index contributed by atoms with van der Waals surface area (Å²) in [5.74, 6) is 0.385. The molecule has 4 amide bonds. The zero-order valence-corrected chi connectivity index (χ0v) is 19.9. The van der Waals surface area contributed by atoms with Gasteiger partial charge in [0, 0.05) is 37.1 Å². The van der Waals surface area contributed by atoms with Crippen LogP contribution in [0.3, 0.4) is 0 Å². The number of carbonyl (C=O) groups is 4. The van der Waals surface area contributed by atoms with Gasteiger partial charge in [-0.2, -0.15) is 0 Å². The van der Waals surface area contributed by atoms with Gasteiger partial charge in [-0.15, -0.1) is 0 Å². The highest BCUT2D eigenvalue weighted by atomic mass is 16.6. The van der Waals surface area contributed by atoms with Gasteiger partial charge < -0.3 is 18.9 Å². The van der Waals surface area contributed by atoms with E-state index in [1.54, 1.807) is 48.5 Å². The lowest BCUT2D eigenvalue weighted by molar-refractivity contribution is -0.136. The molecule has 0 aromatic heterocycles. The highest BCUT2D eigenvalue weighted by Crippen LogP contribution is 2.18. The van der Waals surface area contributed by atoms with Crippen LogP contribution in [-0.2, 0) is 19.1 Å². The van der Waals surface area contributed by atoms with E-state index in [2.05, 4.69) is 0 Å². The Kier molecular flexibility index (Phi) is 8.64. The van der Waals surface area contributed by atoms with Crippen molar-refractivity contribution in [3.05, 3.63) is 59.7 Å². The molecule has 0 N–H and O–H groups in total. The van der Waals surface area contributed by atoms with Gasteiger partial charge in [-0.25, -0.2) is 0 Å². The van der Waals surface area contributed by atoms with Crippen LogP contribution in [0, 0.1) is 0 Å². The third-order valence-electron chi connectivity index (χ3n) is 5.76. The predicted molar refractivity (Wildman–Crippen MR) is 127 cm³/mol. The first-order valence-electron chi connectivity index (χ1n) is 11.8. The van der Waals surface area contributed by atoms with E-state index < -0.39 is 0 Å². The second-order valence-corrected chi connectivity index (χ2v) is 8.17. The van der Waals surface area contributed by atoms with Crippen molar-refractivity contribution in [2.75, 3.05) is 52.7 Å². The van der Waals surface area contributed by atoms with Crippen LogP contribution in [0.2, 0.25) is 0 Å². The van der Waals surface area contributed by atoms with Gasteiger partial charge in [0.15, 0.2) is 0 Å². The number of hydrogen-bond acceptors (Lipinski definition) is 8. The number of hydrogen-bond donors (Lipinski definition) is 0. The van der Waals surface area contributed by atoms with Gasteiger partial charge in [-0.1, -0.05) is 0 Å². The van der Waals surface area contributed by atoms with Crippen molar-refractivity contribution in [2.45, 2.75) is 12.8 Å². The predicted octanol–water partition coefficient (Wildman–Crippen LogP) is 1.92. The second kappa shape index (κ2) is 12.3. The van der Waals surface area contributed by atoms with Crippen LogP contribution in [0.15, 0.2) is 48.5 Å². The first kappa shape index (κ1) is 25.3. The largest absolute Gasteiger partial charge is 0.491 e. The minimum atomic E-state index is -0.280. The zero-order chi connectivity index (χ0) is 25.3. The number of rotatable bonds is 13. The highest BCUT2D eigenvalue weighted by Gasteiger charge is 2.31. The van der Waals surface area contributed by atoms with E-state index in [0.29, 0.717) is 88.2 Å². The minimum Gasteiger partial charge on any atom is -0.491 e. The lowest BCUT2D eigenvalue weighted by Crippen LogP contribution is -2.47. The third-order valence-corrected chi connectivity index (χ3v) is 5.76. The standard InChI is InChI=1S/C26H28N2O8/c29-23-9-11-27(23)25(31)19-1-5-21(6-2-19)35-17-15-33-13-14-34-16-18-36-22-7-3-20(4-8-22)26(32)28-12-10-24(28)30/h1-8H,9-18H2. The summed E-state index contributed by atoms with van der Waals surface area (Å²) in [5, 5.41) is 0. The van der Waals surface area contributed by atoms with Crippen LogP contribution >= 0.6 is 0 Å². The number of likely N-dealkylation sites (tertiary alicyclic amines) is 2. The average Bonchev–Trinajstić information content (AvgIpc) is 2.88. The maximum atomic E-state index is 12.1. The van der Waals surface area contributed by atoms with Crippen LogP contribution < -0.4 is 9.47 Å². The molecule has 2 aromatic rings. The van der Waals surface area contributed by atoms with Crippen molar-refractivity contribution in [2.24, 2.45) is 0 Å². The second-order valence-electron chi connectivity index (χ2n) is 8.17. The van der Waals surface area contributed by atoms with E-state index in [4.69, 9.17) is 18.9 Å². The fourth-order valence-electron chi connectivity index (χ4n) is 3.52. The summed E-state index contributed by atoms with van der Waals surface area (Å²) in [5.41, 5.74) is 0.916. The molecule has 2 fully saturated rings. The van der Waals surface area contributed by atoms with E-state index in [0.717, 1.165) is 0 Å². The molecule has 0 unspecified atom stereocenters. The smallest absolute Gasteiger partial charge is 0.260 e. The van der Waals surface area contributed by atoms with Crippen molar-refractivity contribution >= 4 is 23.6 Å². The minimum absolute atomic E-state index is 0.143. The molecule has 10 nitrogen and oxygen atoms in total. The van der Waals surface area contributed by atoms with E-state index in [-0.39, 0.29) is 23.6 Å².